The van der Waals surface area contributed by atoms with Crippen LogP contribution in [0.1, 0.15) is 68.6 Å². The molecule has 0 radical (unpaired) electrons. The fraction of sp³-hybridized carbons (Fsp3) is 0.650. The molecule has 3 nitrogen and oxygen atoms in total. The van der Waals surface area contributed by atoms with Crippen molar-refractivity contribution >= 4 is 6.16 Å². The number of hydrogen-bond donors (Lipinski definition) is 0. The number of unbranched alkanes of at least 4 members (excludes halogenated alkanes) is 6. The van der Waals surface area contributed by atoms with Gasteiger partial charge < -0.3 is 9.47 Å². The van der Waals surface area contributed by atoms with Gasteiger partial charge in [0.2, 0.25) is 0 Å². The molecule has 0 saturated heterocycles. The average Bonchev–Trinajstić information content (AvgIpc) is 2.53. The third kappa shape index (κ3) is 9.27. The van der Waals surface area contributed by atoms with Gasteiger partial charge in [0.1, 0.15) is 0 Å². The molecule has 0 unspecified atom stereocenters. The van der Waals surface area contributed by atoms with Crippen LogP contribution in [0.2, 0.25) is 0 Å². The summed E-state index contributed by atoms with van der Waals surface area (Å²) in [6.07, 6.45) is 8.68. The van der Waals surface area contributed by atoms with Crippen molar-refractivity contribution in [1.82, 2.24) is 0 Å². The zero-order chi connectivity index (χ0) is 16.9. The predicted octanol–water partition coefficient (Wildman–Crippen LogP) is 5.75. The maximum Gasteiger partial charge on any atom is 0.508 e. The van der Waals surface area contributed by atoms with Gasteiger partial charge in [0, 0.05) is 6.42 Å². The van der Waals surface area contributed by atoms with Crippen molar-refractivity contribution in [3.8, 4) is 0 Å². The van der Waals surface area contributed by atoms with Crippen LogP contribution in [0.15, 0.2) is 18.2 Å². The molecule has 0 bridgehead atoms. The summed E-state index contributed by atoms with van der Waals surface area (Å²) in [5, 5.41) is 0. The second kappa shape index (κ2) is 12.0. The lowest BCUT2D eigenvalue weighted by Gasteiger charge is -2.09. The Hall–Kier alpha value is -1.51. The number of benzene rings is 1. The first-order valence-electron chi connectivity index (χ1n) is 8.99. The van der Waals surface area contributed by atoms with Crippen LogP contribution in [0, 0.1) is 13.8 Å². The van der Waals surface area contributed by atoms with Crippen molar-refractivity contribution in [2.75, 3.05) is 13.2 Å². The van der Waals surface area contributed by atoms with Crippen molar-refractivity contribution in [3.63, 3.8) is 0 Å². The quantitative estimate of drug-likeness (QED) is 0.385. The Labute approximate surface area is 141 Å². The smallest absolute Gasteiger partial charge is 0.434 e. The number of carbonyl (C=O) groups excluding carboxylic acids is 1. The van der Waals surface area contributed by atoms with Gasteiger partial charge in [-0.3, -0.25) is 0 Å². The minimum atomic E-state index is -0.540. The van der Waals surface area contributed by atoms with E-state index >= 15 is 0 Å². The Kier molecular flexibility index (Phi) is 10.2. The molecule has 0 aromatic heterocycles. The summed E-state index contributed by atoms with van der Waals surface area (Å²) in [4.78, 5) is 11.5. The van der Waals surface area contributed by atoms with Gasteiger partial charge in [-0.05, 0) is 31.4 Å². The van der Waals surface area contributed by atoms with Gasteiger partial charge in [-0.2, -0.15) is 0 Å². The average molecular weight is 320 g/mol. The van der Waals surface area contributed by atoms with Crippen molar-refractivity contribution in [2.24, 2.45) is 0 Å². The van der Waals surface area contributed by atoms with E-state index in [1.54, 1.807) is 0 Å². The molecule has 0 aliphatic carbocycles. The number of rotatable bonds is 11. The van der Waals surface area contributed by atoms with Crippen LogP contribution in [0.3, 0.4) is 0 Å². The van der Waals surface area contributed by atoms with Crippen LogP contribution < -0.4 is 0 Å². The van der Waals surface area contributed by atoms with E-state index in [1.807, 2.05) is 0 Å². The molecule has 0 saturated carbocycles. The minimum Gasteiger partial charge on any atom is -0.434 e. The molecule has 0 atom stereocenters. The number of ether oxygens (including phenoxy) is 2. The van der Waals surface area contributed by atoms with E-state index in [0.717, 1.165) is 19.3 Å². The number of aryl methyl sites for hydroxylation is 2. The van der Waals surface area contributed by atoms with E-state index in [1.165, 1.54) is 48.8 Å². The summed E-state index contributed by atoms with van der Waals surface area (Å²) in [6.45, 7) is 7.21. The number of hydrogen-bond acceptors (Lipinski definition) is 3. The Balaban J connectivity index is 2.03. The molecule has 23 heavy (non-hydrogen) atoms. The lowest BCUT2D eigenvalue weighted by molar-refractivity contribution is 0.0548. The highest BCUT2D eigenvalue weighted by Crippen LogP contribution is 2.11. The molecule has 1 rings (SSSR count). The molecule has 1 aromatic carbocycles. The molecule has 0 fully saturated rings. The molecule has 0 aliphatic heterocycles. The molecule has 3 heteroatoms. The Morgan fingerprint density at radius 2 is 1.57 bits per heavy atom. The first-order chi connectivity index (χ1) is 11.1. The lowest BCUT2D eigenvalue weighted by atomic mass is 10.0. The summed E-state index contributed by atoms with van der Waals surface area (Å²) in [7, 11) is 0. The monoisotopic (exact) mass is 320 g/mol. The topological polar surface area (TPSA) is 35.5 Å². The van der Waals surface area contributed by atoms with Crippen molar-refractivity contribution in [1.29, 1.82) is 0 Å². The first kappa shape index (κ1) is 19.5. The van der Waals surface area contributed by atoms with Crippen molar-refractivity contribution < 1.29 is 14.3 Å². The zero-order valence-electron chi connectivity index (χ0n) is 15.0. The first-order valence-corrected chi connectivity index (χ1v) is 8.99. The second-order valence-corrected chi connectivity index (χ2v) is 6.25. The van der Waals surface area contributed by atoms with Crippen LogP contribution >= 0.6 is 0 Å². The molecule has 130 valence electrons. The Morgan fingerprint density at radius 3 is 2.30 bits per heavy atom. The van der Waals surface area contributed by atoms with Gasteiger partial charge in [0.25, 0.3) is 0 Å². The van der Waals surface area contributed by atoms with E-state index in [4.69, 9.17) is 9.47 Å². The highest BCUT2D eigenvalue weighted by Gasteiger charge is 2.05. The molecule has 0 spiro atoms. The van der Waals surface area contributed by atoms with Crippen LogP contribution in [0.25, 0.3) is 0 Å². The van der Waals surface area contributed by atoms with Crippen molar-refractivity contribution in [3.05, 3.63) is 34.9 Å². The van der Waals surface area contributed by atoms with Gasteiger partial charge in [0.15, 0.2) is 0 Å². The second-order valence-electron chi connectivity index (χ2n) is 6.25. The standard InChI is InChI=1S/C20H32O3/c1-4-5-6-7-8-9-10-14-22-20(21)23-15-13-19-16-17(2)11-12-18(19)3/h11-12,16H,4-10,13-15H2,1-3H3. The summed E-state index contributed by atoms with van der Waals surface area (Å²) in [5.74, 6) is 0. The zero-order valence-corrected chi connectivity index (χ0v) is 15.0. The molecule has 0 aliphatic rings. The molecule has 1 aromatic rings. The van der Waals surface area contributed by atoms with Crippen molar-refractivity contribution in [2.45, 2.75) is 72.1 Å². The van der Waals surface area contributed by atoms with Crippen LogP contribution in [0.5, 0.6) is 0 Å². The van der Waals surface area contributed by atoms with E-state index in [-0.39, 0.29) is 0 Å². The van der Waals surface area contributed by atoms with E-state index in [9.17, 15) is 4.79 Å². The fourth-order valence-electron chi connectivity index (χ4n) is 2.57. The predicted molar refractivity (Wildman–Crippen MR) is 94.9 cm³/mol. The van der Waals surface area contributed by atoms with Gasteiger partial charge in [-0.25, -0.2) is 4.79 Å². The Morgan fingerprint density at radius 1 is 0.913 bits per heavy atom. The molecule has 0 amide bonds. The van der Waals surface area contributed by atoms with Crippen LogP contribution in [-0.2, 0) is 15.9 Å². The maximum absolute atomic E-state index is 11.5. The highest BCUT2D eigenvalue weighted by molar-refractivity contribution is 5.59. The molecular weight excluding hydrogens is 288 g/mol. The number of carbonyl (C=O) groups is 1. The molecule has 0 heterocycles. The van der Waals surface area contributed by atoms with E-state index in [0.29, 0.717) is 13.2 Å². The maximum atomic E-state index is 11.5. The fourth-order valence-corrected chi connectivity index (χ4v) is 2.57. The summed E-state index contributed by atoms with van der Waals surface area (Å²) >= 11 is 0. The summed E-state index contributed by atoms with van der Waals surface area (Å²) < 4.78 is 10.2. The minimum absolute atomic E-state index is 0.375. The van der Waals surface area contributed by atoms with Crippen LogP contribution in [0.4, 0.5) is 4.79 Å². The Bertz CT molecular complexity index is 454. The largest absolute Gasteiger partial charge is 0.508 e. The third-order valence-corrected chi connectivity index (χ3v) is 4.06. The van der Waals surface area contributed by atoms with Gasteiger partial charge in [0.05, 0.1) is 13.2 Å². The summed E-state index contributed by atoms with van der Waals surface area (Å²) in [5.41, 5.74) is 3.69. The van der Waals surface area contributed by atoms with Gasteiger partial charge in [-0.1, -0.05) is 69.2 Å². The normalized spacial score (nSPS) is 10.6. The summed E-state index contributed by atoms with van der Waals surface area (Å²) in [6, 6.07) is 6.34. The van der Waals surface area contributed by atoms with E-state index in [2.05, 4.69) is 39.0 Å². The SMILES string of the molecule is CCCCCCCCCOC(=O)OCCc1cc(C)ccc1C. The molecule has 0 N–H and O–H groups in total. The lowest BCUT2D eigenvalue weighted by Crippen LogP contribution is -2.11. The van der Waals surface area contributed by atoms with Gasteiger partial charge >= 0.3 is 6.16 Å². The third-order valence-electron chi connectivity index (χ3n) is 4.06. The van der Waals surface area contributed by atoms with Crippen LogP contribution in [-0.4, -0.2) is 19.4 Å². The van der Waals surface area contributed by atoms with E-state index < -0.39 is 6.16 Å². The highest BCUT2D eigenvalue weighted by atomic mass is 16.7. The van der Waals surface area contributed by atoms with Gasteiger partial charge in [-0.15, -0.1) is 0 Å². The molecular formula is C20H32O3.